The van der Waals surface area contributed by atoms with E-state index in [4.69, 9.17) is 26.8 Å². The van der Waals surface area contributed by atoms with E-state index < -0.39 is 0 Å². The van der Waals surface area contributed by atoms with Crippen LogP contribution in [0.4, 0.5) is 17.8 Å². The molecule has 12 heavy (non-hydrogen) atoms. The van der Waals surface area contributed by atoms with Crippen LogP contribution in [-0.4, -0.2) is 21.1 Å². The quantitative estimate of drug-likeness (QED) is 0.405. The fraction of sp³-hybridized carbons (Fsp3) is 0. The second kappa shape index (κ2) is 4.58. The molecule has 0 aromatic carbocycles. The molecule has 64 valence electrons. The Bertz CT molecular complexity index is 243. The summed E-state index contributed by atoms with van der Waals surface area (Å²) in [7, 11) is 0. The third kappa shape index (κ3) is 3.75. The van der Waals surface area contributed by atoms with E-state index >= 15 is 0 Å². The molecular weight excluding hydrogens is 164 g/mol. The Labute approximate surface area is 66.8 Å². The molecule has 1 aromatic heterocycles. The first-order chi connectivity index (χ1) is 5.60. The standard InChI is InChI=1S/C3H6N6.CO2/c4-1-7-2(5)9-3(6)8-1;2-1-3/h(H6,4,5,6,7,8,9);. The Morgan fingerprint density at radius 1 is 0.833 bits per heavy atom. The van der Waals surface area contributed by atoms with Crippen LogP contribution in [0.3, 0.4) is 0 Å². The maximum absolute atomic E-state index is 8.12. The summed E-state index contributed by atoms with van der Waals surface area (Å²) < 4.78 is 0. The predicted molar refractivity (Wildman–Crippen MR) is 38.1 cm³/mol. The molecule has 0 fully saturated rings. The highest BCUT2D eigenvalue weighted by Crippen LogP contribution is 1.97. The summed E-state index contributed by atoms with van der Waals surface area (Å²) in [5, 5.41) is 0. The maximum atomic E-state index is 8.12. The molecule has 1 aromatic rings. The van der Waals surface area contributed by atoms with Gasteiger partial charge in [0.25, 0.3) is 0 Å². The third-order valence-corrected chi connectivity index (χ3v) is 0.687. The van der Waals surface area contributed by atoms with Crippen molar-refractivity contribution in [3.05, 3.63) is 0 Å². The highest BCUT2D eigenvalue weighted by atomic mass is 16.2. The molecule has 0 unspecified atom stereocenters. The first-order valence-electron chi connectivity index (χ1n) is 2.62. The van der Waals surface area contributed by atoms with Crippen LogP contribution in [0.25, 0.3) is 0 Å². The van der Waals surface area contributed by atoms with Crippen LogP contribution >= 0.6 is 0 Å². The average Bonchev–Trinajstić information content (AvgIpc) is 1.84. The van der Waals surface area contributed by atoms with Crippen molar-refractivity contribution >= 4 is 24.0 Å². The van der Waals surface area contributed by atoms with Crippen LogP contribution < -0.4 is 17.2 Å². The Balaban J connectivity index is 0.000000354. The second-order valence-corrected chi connectivity index (χ2v) is 1.49. The van der Waals surface area contributed by atoms with Crippen molar-refractivity contribution in [2.75, 3.05) is 17.2 Å². The number of hydrogen-bond acceptors (Lipinski definition) is 8. The van der Waals surface area contributed by atoms with Gasteiger partial charge in [-0.15, -0.1) is 0 Å². The van der Waals surface area contributed by atoms with Gasteiger partial charge in [-0.3, -0.25) is 0 Å². The van der Waals surface area contributed by atoms with Crippen molar-refractivity contribution < 1.29 is 9.59 Å². The highest BCUT2D eigenvalue weighted by molar-refractivity contribution is 5.33. The molecule has 0 aliphatic heterocycles. The molecule has 0 saturated heterocycles. The van der Waals surface area contributed by atoms with E-state index in [0.29, 0.717) is 0 Å². The van der Waals surface area contributed by atoms with Crippen LogP contribution in [0.15, 0.2) is 0 Å². The highest BCUT2D eigenvalue weighted by Gasteiger charge is 1.93. The number of carbonyl (C=O) groups excluding carboxylic acids is 2. The summed E-state index contributed by atoms with van der Waals surface area (Å²) in [6.07, 6.45) is 0.250. The van der Waals surface area contributed by atoms with Gasteiger partial charge in [0.05, 0.1) is 0 Å². The fourth-order valence-corrected chi connectivity index (χ4v) is 0.427. The van der Waals surface area contributed by atoms with Crippen LogP contribution in [0.1, 0.15) is 0 Å². The third-order valence-electron chi connectivity index (χ3n) is 0.687. The lowest BCUT2D eigenvalue weighted by atomic mass is 10.9. The smallest absolute Gasteiger partial charge is 0.368 e. The van der Waals surface area contributed by atoms with E-state index in [1.807, 2.05) is 0 Å². The Morgan fingerprint density at radius 3 is 1.17 bits per heavy atom. The minimum absolute atomic E-state index is 0.0417. The molecule has 1 rings (SSSR count). The van der Waals surface area contributed by atoms with Gasteiger partial charge in [0.2, 0.25) is 17.8 Å². The molecule has 0 bridgehead atoms. The van der Waals surface area contributed by atoms with Gasteiger partial charge in [0.15, 0.2) is 0 Å². The zero-order chi connectivity index (χ0) is 9.56. The van der Waals surface area contributed by atoms with Crippen molar-refractivity contribution in [1.82, 2.24) is 15.0 Å². The molecular formula is C4H6N6O2. The van der Waals surface area contributed by atoms with Gasteiger partial charge in [-0.05, 0) is 0 Å². The number of rotatable bonds is 0. The number of anilines is 3. The first-order valence-corrected chi connectivity index (χ1v) is 2.62. The molecule has 0 saturated carbocycles. The van der Waals surface area contributed by atoms with Gasteiger partial charge in [0.1, 0.15) is 0 Å². The van der Waals surface area contributed by atoms with Gasteiger partial charge >= 0.3 is 6.15 Å². The molecule has 0 atom stereocenters. The van der Waals surface area contributed by atoms with E-state index in [1.165, 1.54) is 0 Å². The minimum atomic E-state index is 0.0417. The predicted octanol–water partition coefficient (Wildman–Crippen LogP) is -1.97. The summed E-state index contributed by atoms with van der Waals surface area (Å²) in [5.74, 6) is 0.125. The molecule has 0 spiro atoms. The lowest BCUT2D eigenvalue weighted by molar-refractivity contribution is -0.191. The zero-order valence-corrected chi connectivity index (χ0v) is 5.89. The largest absolute Gasteiger partial charge is 0.373 e. The van der Waals surface area contributed by atoms with Gasteiger partial charge in [-0.1, -0.05) is 0 Å². The number of nitrogens with zero attached hydrogens (tertiary/aromatic N) is 3. The lowest BCUT2D eigenvalue weighted by Gasteiger charge is -1.93. The van der Waals surface area contributed by atoms with E-state index in [9.17, 15) is 0 Å². The number of nitrogen functional groups attached to an aromatic ring is 3. The van der Waals surface area contributed by atoms with Crippen molar-refractivity contribution in [1.29, 1.82) is 0 Å². The topological polar surface area (TPSA) is 151 Å². The first kappa shape index (κ1) is 9.79. The molecule has 1 heterocycles. The molecule has 0 aliphatic carbocycles. The number of nitrogens with two attached hydrogens (primary N) is 3. The monoisotopic (exact) mass is 170 g/mol. The molecule has 6 N–H and O–H groups in total. The molecule has 0 radical (unpaired) electrons. The average molecular weight is 170 g/mol. The van der Waals surface area contributed by atoms with E-state index in [-0.39, 0.29) is 24.0 Å². The van der Waals surface area contributed by atoms with Crippen molar-refractivity contribution in [2.45, 2.75) is 0 Å². The van der Waals surface area contributed by atoms with Gasteiger partial charge in [-0.2, -0.15) is 24.5 Å². The van der Waals surface area contributed by atoms with Gasteiger partial charge in [0, 0.05) is 0 Å². The van der Waals surface area contributed by atoms with E-state index in [1.54, 1.807) is 0 Å². The van der Waals surface area contributed by atoms with Crippen LogP contribution in [-0.2, 0) is 9.59 Å². The number of aromatic nitrogens is 3. The van der Waals surface area contributed by atoms with Crippen LogP contribution in [0, 0.1) is 0 Å². The molecule has 8 nitrogen and oxygen atoms in total. The van der Waals surface area contributed by atoms with Crippen molar-refractivity contribution in [3.8, 4) is 0 Å². The molecule has 0 amide bonds. The Kier molecular flexibility index (Phi) is 3.74. The number of hydrogen-bond donors (Lipinski definition) is 3. The Hall–Kier alpha value is -2.21. The molecule has 0 aliphatic rings. The van der Waals surface area contributed by atoms with E-state index in [0.717, 1.165) is 0 Å². The minimum Gasteiger partial charge on any atom is -0.368 e. The lowest BCUT2D eigenvalue weighted by Crippen LogP contribution is -2.05. The normalized spacial score (nSPS) is 7.67. The summed E-state index contributed by atoms with van der Waals surface area (Å²) >= 11 is 0. The fourth-order valence-electron chi connectivity index (χ4n) is 0.427. The van der Waals surface area contributed by atoms with Crippen LogP contribution in [0.5, 0.6) is 0 Å². The summed E-state index contributed by atoms with van der Waals surface area (Å²) in [4.78, 5) is 26.7. The van der Waals surface area contributed by atoms with Crippen molar-refractivity contribution in [2.24, 2.45) is 0 Å². The van der Waals surface area contributed by atoms with Crippen LogP contribution in [0.2, 0.25) is 0 Å². The van der Waals surface area contributed by atoms with E-state index in [2.05, 4.69) is 15.0 Å². The second-order valence-electron chi connectivity index (χ2n) is 1.49. The molecule has 8 heteroatoms. The van der Waals surface area contributed by atoms with Gasteiger partial charge < -0.3 is 17.2 Å². The summed E-state index contributed by atoms with van der Waals surface area (Å²) in [5.41, 5.74) is 15.4. The zero-order valence-electron chi connectivity index (χ0n) is 5.89. The summed E-state index contributed by atoms with van der Waals surface area (Å²) in [6.45, 7) is 0. The summed E-state index contributed by atoms with van der Waals surface area (Å²) in [6, 6.07) is 0. The van der Waals surface area contributed by atoms with Crippen molar-refractivity contribution in [3.63, 3.8) is 0 Å². The SMILES string of the molecule is Nc1nc(N)nc(N)n1.O=C=O. The maximum Gasteiger partial charge on any atom is 0.373 e. The van der Waals surface area contributed by atoms with Gasteiger partial charge in [-0.25, -0.2) is 0 Å². The Morgan fingerprint density at radius 2 is 1.00 bits per heavy atom.